The topological polar surface area (TPSA) is 79.2 Å². The summed E-state index contributed by atoms with van der Waals surface area (Å²) in [5.41, 5.74) is 2.32. The van der Waals surface area contributed by atoms with Crippen molar-refractivity contribution in [3.63, 3.8) is 0 Å². The number of aromatic nitrogens is 4. The predicted molar refractivity (Wildman–Crippen MR) is 132 cm³/mol. The zero-order valence-electron chi connectivity index (χ0n) is 20.5. The first-order valence-corrected chi connectivity index (χ1v) is 12.2. The zero-order chi connectivity index (χ0) is 24.2. The number of nitrogens with zero attached hydrogens (tertiary/aromatic N) is 6. The maximum absolute atomic E-state index is 13.5. The van der Waals surface area contributed by atoms with E-state index < -0.39 is 0 Å². The highest BCUT2D eigenvalue weighted by Gasteiger charge is 2.25. The molecule has 1 aromatic carbocycles. The van der Waals surface area contributed by atoms with Crippen LogP contribution in [0.4, 0.5) is 15.0 Å². The van der Waals surface area contributed by atoms with Gasteiger partial charge in [0.15, 0.2) is 5.65 Å². The fourth-order valence-electron chi connectivity index (χ4n) is 4.32. The Kier molecular flexibility index (Phi) is 7.29. The SMILES string of the molecule is CCNC(=O)N1CCCN(c2nc(CCC(C)C)nc3c2c(C)nn3-c2ccc(F)cc2)CC1. The number of nitrogens with one attached hydrogen (secondary N) is 1. The van der Waals surface area contributed by atoms with E-state index >= 15 is 0 Å². The van der Waals surface area contributed by atoms with Crippen LogP contribution in [-0.4, -0.2) is 63.4 Å². The first-order chi connectivity index (χ1) is 16.4. The lowest BCUT2D eigenvalue weighted by molar-refractivity contribution is 0.202. The van der Waals surface area contributed by atoms with Crippen molar-refractivity contribution in [1.29, 1.82) is 0 Å². The average molecular weight is 468 g/mol. The summed E-state index contributed by atoms with van der Waals surface area (Å²) in [4.78, 5) is 26.4. The van der Waals surface area contributed by atoms with E-state index in [-0.39, 0.29) is 11.8 Å². The van der Waals surface area contributed by atoms with Gasteiger partial charge < -0.3 is 15.1 Å². The summed E-state index contributed by atoms with van der Waals surface area (Å²) >= 11 is 0. The van der Waals surface area contributed by atoms with Gasteiger partial charge in [-0.2, -0.15) is 5.10 Å². The van der Waals surface area contributed by atoms with Crippen molar-refractivity contribution < 1.29 is 9.18 Å². The second-order valence-corrected chi connectivity index (χ2v) is 9.23. The Labute approximate surface area is 200 Å². The van der Waals surface area contributed by atoms with E-state index in [1.165, 1.54) is 12.1 Å². The van der Waals surface area contributed by atoms with Crippen molar-refractivity contribution in [3.8, 4) is 5.69 Å². The molecule has 0 aliphatic carbocycles. The van der Waals surface area contributed by atoms with Gasteiger partial charge in [-0.05, 0) is 56.9 Å². The van der Waals surface area contributed by atoms with Crippen LogP contribution in [0.15, 0.2) is 24.3 Å². The number of rotatable bonds is 6. The standard InChI is InChI=1S/C25H34FN7O/c1-5-27-25(34)32-14-6-13-31(15-16-32)23-22-18(4)30-33(20-10-8-19(26)9-11-20)24(22)29-21(28-23)12-7-17(2)3/h8-11,17H,5-7,12-16H2,1-4H3,(H,27,34). The molecule has 1 N–H and O–H groups in total. The van der Waals surface area contributed by atoms with Gasteiger partial charge in [-0.25, -0.2) is 23.8 Å². The summed E-state index contributed by atoms with van der Waals surface area (Å²) in [6, 6.07) is 6.28. The van der Waals surface area contributed by atoms with Gasteiger partial charge in [0.05, 0.1) is 16.8 Å². The summed E-state index contributed by atoms with van der Waals surface area (Å²) in [5.74, 6) is 1.90. The number of carbonyl (C=O) groups excluding carboxylic acids is 1. The molecule has 2 aromatic heterocycles. The van der Waals surface area contributed by atoms with Crippen molar-refractivity contribution in [2.75, 3.05) is 37.6 Å². The molecular formula is C25H34FN7O. The van der Waals surface area contributed by atoms with Crippen LogP contribution < -0.4 is 10.2 Å². The first kappa shape index (κ1) is 23.9. The van der Waals surface area contributed by atoms with Crippen molar-refractivity contribution in [2.45, 2.75) is 47.0 Å². The minimum absolute atomic E-state index is 0.0184. The molecule has 1 aliphatic rings. The van der Waals surface area contributed by atoms with Gasteiger partial charge in [-0.15, -0.1) is 0 Å². The van der Waals surface area contributed by atoms with Gasteiger partial charge in [-0.3, -0.25) is 0 Å². The molecule has 0 spiro atoms. The summed E-state index contributed by atoms with van der Waals surface area (Å²) in [5, 5.41) is 8.57. The second-order valence-electron chi connectivity index (χ2n) is 9.23. The number of urea groups is 1. The second kappa shape index (κ2) is 10.4. The lowest BCUT2D eigenvalue weighted by Gasteiger charge is -2.24. The minimum atomic E-state index is -0.286. The van der Waals surface area contributed by atoms with Crippen LogP contribution in [-0.2, 0) is 6.42 Å². The Balaban J connectivity index is 1.75. The van der Waals surface area contributed by atoms with Crippen LogP contribution in [0.2, 0.25) is 0 Å². The molecule has 182 valence electrons. The molecule has 0 atom stereocenters. The molecule has 9 heteroatoms. The van der Waals surface area contributed by atoms with Gasteiger partial charge in [0.1, 0.15) is 17.5 Å². The molecule has 34 heavy (non-hydrogen) atoms. The molecule has 4 rings (SSSR count). The Hall–Kier alpha value is -3.23. The van der Waals surface area contributed by atoms with Crippen LogP contribution in [0.5, 0.6) is 0 Å². The molecule has 1 aliphatic heterocycles. The number of hydrogen-bond acceptors (Lipinski definition) is 5. The van der Waals surface area contributed by atoms with Crippen LogP contribution in [0.25, 0.3) is 16.7 Å². The number of fused-ring (bicyclic) bond motifs is 1. The molecular weight excluding hydrogens is 433 g/mol. The van der Waals surface area contributed by atoms with E-state index in [1.54, 1.807) is 16.8 Å². The number of hydrogen-bond donors (Lipinski definition) is 1. The highest BCUT2D eigenvalue weighted by atomic mass is 19.1. The number of benzene rings is 1. The Morgan fingerprint density at radius 1 is 1.12 bits per heavy atom. The molecule has 0 radical (unpaired) electrons. The molecule has 0 saturated carbocycles. The van der Waals surface area contributed by atoms with Crippen LogP contribution in [0.1, 0.15) is 45.1 Å². The number of anilines is 1. The predicted octanol–water partition coefficient (Wildman–Crippen LogP) is 4.09. The summed E-state index contributed by atoms with van der Waals surface area (Å²) in [6.45, 7) is 11.7. The lowest BCUT2D eigenvalue weighted by Crippen LogP contribution is -2.42. The normalized spacial score (nSPS) is 14.6. The van der Waals surface area contributed by atoms with Crippen LogP contribution in [0.3, 0.4) is 0 Å². The third-order valence-electron chi connectivity index (χ3n) is 6.16. The maximum atomic E-state index is 13.5. The van der Waals surface area contributed by atoms with E-state index in [1.807, 2.05) is 18.7 Å². The highest BCUT2D eigenvalue weighted by Crippen LogP contribution is 2.30. The average Bonchev–Trinajstić information content (AvgIpc) is 2.98. The molecule has 8 nitrogen and oxygen atoms in total. The number of aryl methyl sites for hydroxylation is 2. The first-order valence-electron chi connectivity index (χ1n) is 12.2. The van der Waals surface area contributed by atoms with Crippen molar-refractivity contribution in [1.82, 2.24) is 30.0 Å². The zero-order valence-corrected chi connectivity index (χ0v) is 20.5. The van der Waals surface area contributed by atoms with Crippen molar-refractivity contribution >= 4 is 22.9 Å². The van der Waals surface area contributed by atoms with E-state index in [2.05, 4.69) is 24.1 Å². The highest BCUT2D eigenvalue weighted by molar-refractivity contribution is 5.91. The molecule has 1 saturated heterocycles. The van der Waals surface area contributed by atoms with Gasteiger partial charge in [0.25, 0.3) is 0 Å². The third kappa shape index (κ3) is 5.13. The summed E-state index contributed by atoms with van der Waals surface area (Å²) in [6.07, 6.45) is 2.61. The molecule has 0 unspecified atom stereocenters. The fraction of sp³-hybridized carbons (Fsp3) is 0.520. The van der Waals surface area contributed by atoms with Gasteiger partial charge >= 0.3 is 6.03 Å². The Bertz CT molecular complexity index is 1140. The van der Waals surface area contributed by atoms with E-state index in [9.17, 15) is 9.18 Å². The van der Waals surface area contributed by atoms with Gasteiger partial charge in [-0.1, -0.05) is 13.8 Å². The van der Waals surface area contributed by atoms with E-state index in [0.717, 1.165) is 59.9 Å². The third-order valence-corrected chi connectivity index (χ3v) is 6.16. The molecule has 0 bridgehead atoms. The molecule has 1 fully saturated rings. The smallest absolute Gasteiger partial charge is 0.317 e. The number of carbonyl (C=O) groups is 1. The lowest BCUT2D eigenvalue weighted by atomic mass is 10.1. The summed E-state index contributed by atoms with van der Waals surface area (Å²) < 4.78 is 15.3. The van der Waals surface area contributed by atoms with E-state index in [4.69, 9.17) is 15.1 Å². The van der Waals surface area contributed by atoms with Crippen LogP contribution in [0, 0.1) is 18.7 Å². The minimum Gasteiger partial charge on any atom is -0.354 e. The monoisotopic (exact) mass is 467 g/mol. The van der Waals surface area contributed by atoms with Crippen molar-refractivity contribution in [3.05, 3.63) is 41.6 Å². The van der Waals surface area contributed by atoms with Gasteiger partial charge in [0, 0.05) is 39.1 Å². The number of halogens is 1. The number of amides is 2. The molecule has 3 heterocycles. The quantitative estimate of drug-likeness (QED) is 0.591. The molecule has 3 aromatic rings. The maximum Gasteiger partial charge on any atom is 0.317 e. The summed E-state index contributed by atoms with van der Waals surface area (Å²) in [7, 11) is 0. The largest absolute Gasteiger partial charge is 0.354 e. The fourth-order valence-corrected chi connectivity index (χ4v) is 4.32. The van der Waals surface area contributed by atoms with Crippen molar-refractivity contribution in [2.24, 2.45) is 5.92 Å². The van der Waals surface area contributed by atoms with E-state index in [0.29, 0.717) is 32.1 Å². The molecule has 2 amide bonds. The Morgan fingerprint density at radius 2 is 1.88 bits per heavy atom. The Morgan fingerprint density at radius 3 is 2.59 bits per heavy atom. The van der Waals surface area contributed by atoms with Crippen LogP contribution >= 0.6 is 0 Å². The van der Waals surface area contributed by atoms with Gasteiger partial charge in [0.2, 0.25) is 0 Å².